The van der Waals surface area contributed by atoms with E-state index >= 15 is 0 Å². The second-order valence-electron chi connectivity index (χ2n) is 3.88. The summed E-state index contributed by atoms with van der Waals surface area (Å²) in [6, 6.07) is 4.78. The quantitative estimate of drug-likeness (QED) is 0.874. The Morgan fingerprint density at radius 2 is 2.19 bits per heavy atom. The van der Waals surface area contributed by atoms with Crippen molar-refractivity contribution in [2.24, 2.45) is 0 Å². The van der Waals surface area contributed by atoms with E-state index in [1.54, 1.807) is 6.07 Å². The number of hydrogen-bond acceptors (Lipinski definition) is 4. The summed E-state index contributed by atoms with van der Waals surface area (Å²) < 4.78 is 31.4. The third-order valence-corrected chi connectivity index (χ3v) is 4.03. The van der Waals surface area contributed by atoms with Crippen LogP contribution in [-0.2, 0) is 10.0 Å². The summed E-state index contributed by atoms with van der Waals surface area (Å²) in [6.07, 6.45) is 3.14. The number of aromatic nitrogens is 1. The molecule has 0 aliphatic heterocycles. The van der Waals surface area contributed by atoms with Crippen molar-refractivity contribution in [3.05, 3.63) is 24.6 Å². The van der Waals surface area contributed by atoms with Crippen LogP contribution in [0.5, 0.6) is 0 Å². The van der Waals surface area contributed by atoms with E-state index in [1.807, 2.05) is 0 Å². The van der Waals surface area contributed by atoms with Crippen LogP contribution in [0.15, 0.2) is 33.9 Å². The van der Waals surface area contributed by atoms with Gasteiger partial charge in [0.25, 0.3) is 0 Å². The Kier molecular flexibility index (Phi) is 2.02. The minimum absolute atomic E-state index is 0.107. The van der Waals surface area contributed by atoms with Crippen molar-refractivity contribution in [1.82, 2.24) is 9.71 Å². The van der Waals surface area contributed by atoms with Gasteiger partial charge in [0.15, 0.2) is 12.0 Å². The fourth-order valence-corrected chi connectivity index (χ4v) is 2.81. The first-order chi connectivity index (χ1) is 7.65. The Bertz CT molecular complexity index is 628. The van der Waals surface area contributed by atoms with Gasteiger partial charge < -0.3 is 4.42 Å². The van der Waals surface area contributed by atoms with Gasteiger partial charge in [0.05, 0.1) is 4.90 Å². The van der Waals surface area contributed by atoms with Crippen LogP contribution >= 0.6 is 0 Å². The molecule has 0 bridgehead atoms. The first kappa shape index (κ1) is 9.80. The second kappa shape index (κ2) is 3.29. The lowest BCUT2D eigenvalue weighted by Gasteiger charge is -2.04. The first-order valence-electron chi connectivity index (χ1n) is 5.01. The summed E-state index contributed by atoms with van der Waals surface area (Å²) in [4.78, 5) is 4.16. The Balaban J connectivity index is 2.03. The Labute approximate surface area is 92.5 Å². The molecule has 2 aromatic rings. The van der Waals surface area contributed by atoms with Gasteiger partial charge in [-0.05, 0) is 25.0 Å². The van der Waals surface area contributed by atoms with Gasteiger partial charge in [-0.25, -0.2) is 18.1 Å². The summed E-state index contributed by atoms with van der Waals surface area (Å²) in [5, 5.41) is 0. The standard InChI is InChI=1S/C10H10N2O3S/c13-16(14,12-7-1-2-7)8-3-4-9-10(5-8)15-6-11-9/h3-7,12H,1-2H2. The lowest BCUT2D eigenvalue weighted by atomic mass is 10.3. The van der Waals surface area contributed by atoms with E-state index in [9.17, 15) is 8.42 Å². The highest BCUT2D eigenvalue weighted by Crippen LogP contribution is 2.23. The van der Waals surface area contributed by atoms with Crippen LogP contribution in [0.25, 0.3) is 11.1 Å². The molecule has 0 unspecified atom stereocenters. The first-order valence-corrected chi connectivity index (χ1v) is 6.49. The zero-order valence-corrected chi connectivity index (χ0v) is 9.20. The molecule has 1 aliphatic rings. The minimum Gasteiger partial charge on any atom is -0.443 e. The van der Waals surface area contributed by atoms with Gasteiger partial charge in [0.2, 0.25) is 10.0 Å². The predicted octanol–water partition coefficient (Wildman–Crippen LogP) is 1.27. The average Bonchev–Trinajstić information content (AvgIpc) is 2.93. The van der Waals surface area contributed by atoms with Crippen LogP contribution in [0.1, 0.15) is 12.8 Å². The van der Waals surface area contributed by atoms with Crippen molar-refractivity contribution < 1.29 is 12.8 Å². The van der Waals surface area contributed by atoms with Crippen molar-refractivity contribution in [3.8, 4) is 0 Å². The molecule has 0 saturated heterocycles. The van der Waals surface area contributed by atoms with E-state index in [2.05, 4.69) is 9.71 Å². The van der Waals surface area contributed by atoms with Gasteiger partial charge in [-0.15, -0.1) is 0 Å². The molecule has 84 valence electrons. The van der Waals surface area contributed by atoms with E-state index in [0.717, 1.165) is 12.8 Å². The molecule has 1 saturated carbocycles. The third-order valence-electron chi connectivity index (χ3n) is 2.51. The molecule has 1 aromatic carbocycles. The number of nitrogens with zero attached hydrogens (tertiary/aromatic N) is 1. The lowest BCUT2D eigenvalue weighted by molar-refractivity contribution is 0.579. The van der Waals surface area contributed by atoms with Crippen molar-refractivity contribution in [2.45, 2.75) is 23.8 Å². The molecule has 6 heteroatoms. The van der Waals surface area contributed by atoms with Crippen LogP contribution < -0.4 is 4.72 Å². The summed E-state index contributed by atoms with van der Waals surface area (Å²) in [5.74, 6) is 0. The molecule has 0 amide bonds. The molecule has 3 rings (SSSR count). The highest BCUT2D eigenvalue weighted by molar-refractivity contribution is 7.89. The molecule has 5 nitrogen and oxygen atoms in total. The molecular weight excluding hydrogens is 228 g/mol. The zero-order chi connectivity index (χ0) is 11.2. The molecular formula is C10H10N2O3S. The average molecular weight is 238 g/mol. The highest BCUT2D eigenvalue weighted by Gasteiger charge is 2.28. The molecule has 0 atom stereocenters. The summed E-state index contributed by atoms with van der Waals surface area (Å²) in [7, 11) is -3.40. The van der Waals surface area contributed by atoms with Crippen LogP contribution in [0.2, 0.25) is 0 Å². The van der Waals surface area contributed by atoms with Crippen molar-refractivity contribution >= 4 is 21.1 Å². The van der Waals surface area contributed by atoms with E-state index in [0.29, 0.717) is 11.1 Å². The fourth-order valence-electron chi connectivity index (χ4n) is 1.49. The molecule has 1 aromatic heterocycles. The number of hydrogen-bond donors (Lipinski definition) is 1. The van der Waals surface area contributed by atoms with Crippen LogP contribution in [0.3, 0.4) is 0 Å². The highest BCUT2D eigenvalue weighted by atomic mass is 32.2. The predicted molar refractivity (Wildman–Crippen MR) is 57.4 cm³/mol. The maximum atomic E-state index is 11.9. The fraction of sp³-hybridized carbons (Fsp3) is 0.300. The number of oxazole rings is 1. The van der Waals surface area contributed by atoms with Gasteiger partial charge in [-0.1, -0.05) is 0 Å². The summed E-state index contributed by atoms with van der Waals surface area (Å²) in [5.41, 5.74) is 1.14. The SMILES string of the molecule is O=S(=O)(NC1CC1)c1ccc2ncoc2c1. The lowest BCUT2D eigenvalue weighted by Crippen LogP contribution is -2.25. The Hall–Kier alpha value is -1.40. The van der Waals surface area contributed by atoms with E-state index in [1.165, 1.54) is 18.5 Å². The molecule has 16 heavy (non-hydrogen) atoms. The minimum atomic E-state index is -3.40. The zero-order valence-electron chi connectivity index (χ0n) is 8.38. The molecule has 0 radical (unpaired) electrons. The third kappa shape index (κ3) is 1.70. The monoisotopic (exact) mass is 238 g/mol. The smallest absolute Gasteiger partial charge is 0.240 e. The molecule has 1 fully saturated rings. The van der Waals surface area contributed by atoms with E-state index in [-0.39, 0.29) is 10.9 Å². The van der Waals surface area contributed by atoms with Gasteiger partial charge in [-0.3, -0.25) is 0 Å². The summed E-state index contributed by atoms with van der Waals surface area (Å²) in [6.45, 7) is 0. The van der Waals surface area contributed by atoms with Crippen molar-refractivity contribution in [1.29, 1.82) is 0 Å². The number of benzene rings is 1. The van der Waals surface area contributed by atoms with Gasteiger partial charge in [0, 0.05) is 12.1 Å². The number of nitrogens with one attached hydrogen (secondary N) is 1. The normalized spacial score (nSPS) is 16.8. The topological polar surface area (TPSA) is 72.2 Å². The van der Waals surface area contributed by atoms with Gasteiger partial charge in [0.1, 0.15) is 5.52 Å². The number of rotatable bonds is 3. The Morgan fingerprint density at radius 3 is 2.94 bits per heavy atom. The van der Waals surface area contributed by atoms with E-state index < -0.39 is 10.0 Å². The Morgan fingerprint density at radius 1 is 1.38 bits per heavy atom. The summed E-state index contributed by atoms with van der Waals surface area (Å²) >= 11 is 0. The number of sulfonamides is 1. The van der Waals surface area contributed by atoms with E-state index in [4.69, 9.17) is 4.42 Å². The molecule has 1 heterocycles. The van der Waals surface area contributed by atoms with Crippen molar-refractivity contribution in [2.75, 3.05) is 0 Å². The van der Waals surface area contributed by atoms with Crippen LogP contribution in [-0.4, -0.2) is 19.4 Å². The second-order valence-corrected chi connectivity index (χ2v) is 5.59. The maximum Gasteiger partial charge on any atom is 0.240 e. The maximum absolute atomic E-state index is 11.9. The van der Waals surface area contributed by atoms with Gasteiger partial charge in [-0.2, -0.15) is 0 Å². The van der Waals surface area contributed by atoms with Crippen LogP contribution in [0, 0.1) is 0 Å². The number of fused-ring (bicyclic) bond motifs is 1. The van der Waals surface area contributed by atoms with Crippen LogP contribution in [0.4, 0.5) is 0 Å². The van der Waals surface area contributed by atoms with Crippen molar-refractivity contribution in [3.63, 3.8) is 0 Å². The largest absolute Gasteiger partial charge is 0.443 e. The molecule has 0 spiro atoms. The molecule has 1 N–H and O–H groups in total. The molecule has 1 aliphatic carbocycles. The van der Waals surface area contributed by atoms with Gasteiger partial charge >= 0.3 is 0 Å².